The zero-order valence-electron chi connectivity index (χ0n) is 9.80. The fourth-order valence-corrected chi connectivity index (χ4v) is 1.59. The van der Waals surface area contributed by atoms with E-state index in [1.54, 1.807) is 0 Å². The number of benzene rings is 2. The van der Waals surface area contributed by atoms with Crippen LogP contribution in [0.1, 0.15) is 5.56 Å². The van der Waals surface area contributed by atoms with Crippen LogP contribution in [0.15, 0.2) is 60.7 Å². The summed E-state index contributed by atoms with van der Waals surface area (Å²) in [5, 5.41) is 3.31. The van der Waals surface area contributed by atoms with Gasteiger partial charge in [0.05, 0.1) is 13.2 Å². The third-order valence-corrected chi connectivity index (χ3v) is 2.46. The number of hydrogen-bond acceptors (Lipinski definition) is 2. The van der Waals surface area contributed by atoms with Crippen LogP contribution >= 0.6 is 0 Å². The number of para-hydroxylation sites is 1. The van der Waals surface area contributed by atoms with Crippen LogP contribution < -0.4 is 5.32 Å². The first-order valence-corrected chi connectivity index (χ1v) is 5.86. The van der Waals surface area contributed by atoms with E-state index < -0.39 is 0 Å². The first-order valence-electron chi connectivity index (χ1n) is 5.86. The molecule has 2 nitrogen and oxygen atoms in total. The van der Waals surface area contributed by atoms with Gasteiger partial charge in [0.25, 0.3) is 0 Å². The molecule has 0 bridgehead atoms. The van der Waals surface area contributed by atoms with Crippen molar-refractivity contribution in [2.24, 2.45) is 0 Å². The zero-order chi connectivity index (χ0) is 11.8. The summed E-state index contributed by atoms with van der Waals surface area (Å²) >= 11 is 0. The molecule has 0 radical (unpaired) electrons. The van der Waals surface area contributed by atoms with Gasteiger partial charge in [-0.15, -0.1) is 0 Å². The molecule has 2 rings (SSSR count). The average molecular weight is 227 g/mol. The molecule has 0 saturated heterocycles. The molecule has 2 heteroatoms. The molecule has 0 unspecified atom stereocenters. The molecule has 2 aromatic rings. The SMILES string of the molecule is c1ccc(COCCNc2ccccc2)cc1. The smallest absolute Gasteiger partial charge is 0.0717 e. The highest BCUT2D eigenvalue weighted by molar-refractivity contribution is 5.42. The quantitative estimate of drug-likeness (QED) is 0.764. The predicted molar refractivity (Wildman–Crippen MR) is 71.0 cm³/mol. The van der Waals surface area contributed by atoms with Crippen molar-refractivity contribution in [1.29, 1.82) is 0 Å². The fourth-order valence-electron chi connectivity index (χ4n) is 1.59. The molecule has 0 aliphatic rings. The summed E-state index contributed by atoms with van der Waals surface area (Å²) in [6.45, 7) is 2.22. The van der Waals surface area contributed by atoms with E-state index in [9.17, 15) is 0 Å². The van der Waals surface area contributed by atoms with Crippen LogP contribution in [0, 0.1) is 0 Å². The molecule has 0 heterocycles. The van der Waals surface area contributed by atoms with Gasteiger partial charge in [-0.1, -0.05) is 48.5 Å². The predicted octanol–water partition coefficient (Wildman–Crippen LogP) is 3.32. The van der Waals surface area contributed by atoms with Crippen molar-refractivity contribution in [3.63, 3.8) is 0 Å². The van der Waals surface area contributed by atoms with E-state index in [0.29, 0.717) is 13.2 Å². The maximum absolute atomic E-state index is 5.58. The van der Waals surface area contributed by atoms with Crippen molar-refractivity contribution >= 4 is 5.69 Å². The van der Waals surface area contributed by atoms with Crippen LogP contribution in [0.2, 0.25) is 0 Å². The molecule has 2 aromatic carbocycles. The molecular weight excluding hydrogens is 210 g/mol. The summed E-state index contributed by atoms with van der Waals surface area (Å²) in [6.07, 6.45) is 0. The molecule has 0 saturated carbocycles. The summed E-state index contributed by atoms with van der Waals surface area (Å²) in [5.41, 5.74) is 2.35. The van der Waals surface area contributed by atoms with Crippen LogP contribution in [0.5, 0.6) is 0 Å². The second kappa shape index (κ2) is 6.71. The van der Waals surface area contributed by atoms with E-state index in [1.165, 1.54) is 5.56 Å². The van der Waals surface area contributed by atoms with Gasteiger partial charge in [-0.05, 0) is 17.7 Å². The lowest BCUT2D eigenvalue weighted by molar-refractivity contribution is 0.130. The van der Waals surface area contributed by atoms with Crippen molar-refractivity contribution in [3.05, 3.63) is 66.2 Å². The topological polar surface area (TPSA) is 21.3 Å². The number of ether oxygens (including phenoxy) is 1. The first kappa shape index (κ1) is 11.7. The second-order valence-corrected chi connectivity index (χ2v) is 3.83. The van der Waals surface area contributed by atoms with Gasteiger partial charge in [-0.2, -0.15) is 0 Å². The minimum Gasteiger partial charge on any atom is -0.383 e. The molecule has 0 amide bonds. The Bertz CT molecular complexity index is 372. The van der Waals surface area contributed by atoms with E-state index in [4.69, 9.17) is 4.74 Å². The van der Waals surface area contributed by atoms with E-state index in [1.807, 2.05) is 36.4 Å². The third kappa shape index (κ3) is 4.29. The Hall–Kier alpha value is -1.80. The molecule has 1 N–H and O–H groups in total. The van der Waals surface area contributed by atoms with Gasteiger partial charge in [-0.3, -0.25) is 0 Å². The zero-order valence-corrected chi connectivity index (χ0v) is 9.80. The van der Waals surface area contributed by atoms with Gasteiger partial charge < -0.3 is 10.1 Å². The van der Waals surface area contributed by atoms with Crippen molar-refractivity contribution in [2.45, 2.75) is 6.61 Å². The first-order chi connectivity index (χ1) is 8.45. The molecule has 0 aliphatic carbocycles. The number of rotatable bonds is 6. The van der Waals surface area contributed by atoms with Gasteiger partial charge >= 0.3 is 0 Å². The Kier molecular flexibility index (Phi) is 4.61. The highest BCUT2D eigenvalue weighted by Gasteiger charge is 1.92. The molecule has 0 spiro atoms. The van der Waals surface area contributed by atoms with Crippen molar-refractivity contribution in [2.75, 3.05) is 18.5 Å². The summed E-state index contributed by atoms with van der Waals surface area (Å²) in [5.74, 6) is 0. The molecule has 0 aliphatic heterocycles. The van der Waals surface area contributed by atoms with Gasteiger partial charge in [0.1, 0.15) is 0 Å². The lowest BCUT2D eigenvalue weighted by atomic mass is 10.2. The maximum Gasteiger partial charge on any atom is 0.0717 e. The summed E-state index contributed by atoms with van der Waals surface area (Å²) in [7, 11) is 0. The minimum atomic E-state index is 0.678. The van der Waals surface area contributed by atoms with E-state index in [-0.39, 0.29) is 0 Å². The minimum absolute atomic E-state index is 0.678. The molecular formula is C15H17NO. The van der Waals surface area contributed by atoms with Gasteiger partial charge in [-0.25, -0.2) is 0 Å². The highest BCUT2D eigenvalue weighted by atomic mass is 16.5. The van der Waals surface area contributed by atoms with Crippen LogP contribution in [0.25, 0.3) is 0 Å². The molecule has 0 aromatic heterocycles. The van der Waals surface area contributed by atoms with Crippen LogP contribution in [-0.2, 0) is 11.3 Å². The Morgan fingerprint density at radius 3 is 2.18 bits per heavy atom. The Morgan fingerprint density at radius 2 is 1.47 bits per heavy atom. The van der Waals surface area contributed by atoms with Crippen LogP contribution in [-0.4, -0.2) is 13.2 Å². The van der Waals surface area contributed by atoms with E-state index in [2.05, 4.69) is 29.6 Å². The van der Waals surface area contributed by atoms with Crippen LogP contribution in [0.4, 0.5) is 5.69 Å². The fraction of sp³-hybridized carbons (Fsp3) is 0.200. The lowest BCUT2D eigenvalue weighted by Gasteiger charge is -2.07. The standard InChI is InChI=1S/C15H17NO/c1-3-7-14(8-4-1)13-17-12-11-16-15-9-5-2-6-10-15/h1-10,16H,11-13H2. The van der Waals surface area contributed by atoms with E-state index >= 15 is 0 Å². The van der Waals surface area contributed by atoms with Gasteiger partial charge in [0.2, 0.25) is 0 Å². The summed E-state index contributed by atoms with van der Waals surface area (Å²) in [4.78, 5) is 0. The average Bonchev–Trinajstić information content (AvgIpc) is 2.41. The van der Waals surface area contributed by atoms with Gasteiger partial charge in [0, 0.05) is 12.2 Å². The normalized spacial score (nSPS) is 10.1. The second-order valence-electron chi connectivity index (χ2n) is 3.83. The third-order valence-electron chi connectivity index (χ3n) is 2.46. The summed E-state index contributed by atoms with van der Waals surface area (Å²) in [6, 6.07) is 20.4. The van der Waals surface area contributed by atoms with Crippen LogP contribution in [0.3, 0.4) is 0 Å². The Morgan fingerprint density at radius 1 is 0.824 bits per heavy atom. The van der Waals surface area contributed by atoms with Crippen molar-refractivity contribution in [3.8, 4) is 0 Å². The lowest BCUT2D eigenvalue weighted by Crippen LogP contribution is -2.09. The summed E-state index contributed by atoms with van der Waals surface area (Å²) < 4.78 is 5.58. The molecule has 0 atom stereocenters. The Balaban J connectivity index is 1.61. The highest BCUT2D eigenvalue weighted by Crippen LogP contribution is 2.04. The van der Waals surface area contributed by atoms with Crippen molar-refractivity contribution in [1.82, 2.24) is 0 Å². The molecule has 17 heavy (non-hydrogen) atoms. The monoisotopic (exact) mass is 227 g/mol. The largest absolute Gasteiger partial charge is 0.383 e. The number of hydrogen-bond donors (Lipinski definition) is 1. The van der Waals surface area contributed by atoms with E-state index in [0.717, 1.165) is 12.2 Å². The molecule has 0 fully saturated rings. The van der Waals surface area contributed by atoms with Gasteiger partial charge in [0.15, 0.2) is 0 Å². The maximum atomic E-state index is 5.58. The van der Waals surface area contributed by atoms with Crippen molar-refractivity contribution < 1.29 is 4.74 Å². The number of nitrogens with one attached hydrogen (secondary N) is 1. The molecule has 88 valence electrons. The Labute approximate surface area is 102 Å². The number of anilines is 1.